The maximum Gasteiger partial charge on any atom is 0.191 e. The molecule has 27 heavy (non-hydrogen) atoms. The van der Waals surface area contributed by atoms with E-state index in [4.69, 9.17) is 9.15 Å². The van der Waals surface area contributed by atoms with Crippen LogP contribution < -0.4 is 15.4 Å². The fraction of sp³-hybridized carbons (Fsp3) is 0.450. The molecule has 0 aliphatic carbocycles. The van der Waals surface area contributed by atoms with Gasteiger partial charge in [-0.15, -0.1) is 0 Å². The van der Waals surface area contributed by atoms with Crippen LogP contribution in [-0.4, -0.2) is 31.3 Å². The van der Waals surface area contributed by atoms with Crippen LogP contribution in [-0.2, 0) is 12.1 Å². The quantitative estimate of drug-likeness (QED) is 0.455. The highest BCUT2D eigenvalue weighted by molar-refractivity contribution is 9.10. The molecule has 0 spiro atoms. The monoisotopic (exact) mass is 437 g/mol. The van der Waals surface area contributed by atoms with Gasteiger partial charge in [0.25, 0.3) is 0 Å². The van der Waals surface area contributed by atoms with Gasteiger partial charge in [0.15, 0.2) is 5.96 Å². The molecule has 1 heterocycles. The number of aryl methyl sites for hydroxylation is 2. The molecule has 7 heteroatoms. The van der Waals surface area contributed by atoms with Gasteiger partial charge in [0, 0.05) is 12.1 Å². The SMILES string of the molecule is CCNC(=NCc1ccc(OC)c(Br)c1)NCC(C)(O)c1cc(C)oc1C. The fourth-order valence-electron chi connectivity index (χ4n) is 2.84. The van der Waals surface area contributed by atoms with Crippen LogP contribution in [0, 0.1) is 13.8 Å². The van der Waals surface area contributed by atoms with Crippen molar-refractivity contribution < 1.29 is 14.3 Å². The molecule has 0 aliphatic rings. The second-order valence-electron chi connectivity index (χ2n) is 6.62. The maximum atomic E-state index is 10.9. The Labute approximate surface area is 169 Å². The molecule has 1 unspecified atom stereocenters. The van der Waals surface area contributed by atoms with Crippen molar-refractivity contribution >= 4 is 21.9 Å². The van der Waals surface area contributed by atoms with Gasteiger partial charge in [-0.25, -0.2) is 4.99 Å². The molecule has 3 N–H and O–H groups in total. The lowest BCUT2D eigenvalue weighted by Gasteiger charge is -2.24. The van der Waals surface area contributed by atoms with Gasteiger partial charge in [0.2, 0.25) is 0 Å². The largest absolute Gasteiger partial charge is 0.496 e. The molecule has 1 atom stereocenters. The highest BCUT2D eigenvalue weighted by atomic mass is 79.9. The average Bonchev–Trinajstić information content (AvgIpc) is 2.97. The first-order valence-electron chi connectivity index (χ1n) is 8.91. The highest BCUT2D eigenvalue weighted by Crippen LogP contribution is 2.27. The van der Waals surface area contributed by atoms with Gasteiger partial charge in [-0.3, -0.25) is 0 Å². The van der Waals surface area contributed by atoms with Crippen LogP contribution >= 0.6 is 15.9 Å². The van der Waals surface area contributed by atoms with Gasteiger partial charge in [0.1, 0.15) is 22.9 Å². The first-order chi connectivity index (χ1) is 12.8. The molecule has 0 saturated carbocycles. The normalized spacial score (nSPS) is 14.0. The molecule has 148 valence electrons. The van der Waals surface area contributed by atoms with Gasteiger partial charge in [-0.2, -0.15) is 0 Å². The van der Waals surface area contributed by atoms with Crippen LogP contribution in [0.3, 0.4) is 0 Å². The molecule has 1 aromatic heterocycles. The van der Waals surface area contributed by atoms with E-state index in [-0.39, 0.29) is 0 Å². The molecule has 2 rings (SSSR count). The van der Waals surface area contributed by atoms with E-state index in [0.717, 1.165) is 39.4 Å². The zero-order valence-corrected chi connectivity index (χ0v) is 18.1. The minimum absolute atomic E-state index is 0.310. The van der Waals surface area contributed by atoms with Crippen molar-refractivity contribution in [3.8, 4) is 5.75 Å². The van der Waals surface area contributed by atoms with E-state index in [1.54, 1.807) is 14.0 Å². The molecular formula is C20H28BrN3O3. The van der Waals surface area contributed by atoms with E-state index in [1.165, 1.54) is 0 Å². The number of furan rings is 1. The van der Waals surface area contributed by atoms with Crippen molar-refractivity contribution in [2.24, 2.45) is 4.99 Å². The van der Waals surface area contributed by atoms with Crippen molar-refractivity contribution in [2.75, 3.05) is 20.2 Å². The van der Waals surface area contributed by atoms with Crippen LogP contribution in [0.1, 0.15) is 36.5 Å². The third kappa shape index (κ3) is 5.74. The summed E-state index contributed by atoms with van der Waals surface area (Å²) in [6, 6.07) is 7.74. The second kappa shape index (κ2) is 9.28. The smallest absolute Gasteiger partial charge is 0.191 e. The summed E-state index contributed by atoms with van der Waals surface area (Å²) in [6.07, 6.45) is 0. The number of halogens is 1. The summed E-state index contributed by atoms with van der Waals surface area (Å²) in [7, 11) is 1.64. The lowest BCUT2D eigenvalue weighted by Crippen LogP contribution is -2.44. The third-order valence-electron chi connectivity index (χ3n) is 4.20. The van der Waals surface area contributed by atoms with Gasteiger partial charge in [0.05, 0.1) is 24.7 Å². The van der Waals surface area contributed by atoms with E-state index < -0.39 is 5.60 Å². The van der Waals surface area contributed by atoms with Gasteiger partial charge in [-0.05, 0) is 67.4 Å². The summed E-state index contributed by atoms with van der Waals surface area (Å²) in [5.41, 5.74) is 0.761. The standard InChI is InChI=1S/C20H28BrN3O3/c1-6-22-19(23-11-15-7-8-18(26-5)17(21)10-15)24-12-20(4,25)16-9-13(2)27-14(16)3/h7-10,25H,6,11-12H2,1-5H3,(H2,22,23,24). The first-order valence-corrected chi connectivity index (χ1v) is 9.70. The Morgan fingerprint density at radius 1 is 1.30 bits per heavy atom. The van der Waals surface area contributed by atoms with Gasteiger partial charge in [-0.1, -0.05) is 6.07 Å². The number of hydrogen-bond acceptors (Lipinski definition) is 4. The third-order valence-corrected chi connectivity index (χ3v) is 4.82. The van der Waals surface area contributed by atoms with Crippen LogP contribution in [0.2, 0.25) is 0 Å². The van der Waals surface area contributed by atoms with E-state index in [2.05, 4.69) is 31.6 Å². The lowest BCUT2D eigenvalue weighted by atomic mass is 9.96. The van der Waals surface area contributed by atoms with Crippen molar-refractivity contribution in [3.05, 3.63) is 51.4 Å². The van der Waals surface area contributed by atoms with Crippen molar-refractivity contribution in [1.29, 1.82) is 0 Å². The predicted molar refractivity (Wildman–Crippen MR) is 111 cm³/mol. The Morgan fingerprint density at radius 2 is 2.04 bits per heavy atom. The molecule has 1 aromatic carbocycles. The topological polar surface area (TPSA) is 79.0 Å². The van der Waals surface area contributed by atoms with E-state index >= 15 is 0 Å². The number of methoxy groups -OCH3 is 1. The molecule has 6 nitrogen and oxygen atoms in total. The summed E-state index contributed by atoms with van der Waals surface area (Å²) in [4.78, 5) is 4.60. The van der Waals surface area contributed by atoms with Crippen molar-refractivity contribution in [1.82, 2.24) is 10.6 Å². The Bertz CT molecular complexity index is 800. The van der Waals surface area contributed by atoms with E-state index in [0.29, 0.717) is 19.0 Å². The highest BCUT2D eigenvalue weighted by Gasteiger charge is 2.27. The minimum atomic E-state index is -1.07. The van der Waals surface area contributed by atoms with Crippen LogP contribution in [0.5, 0.6) is 5.75 Å². The Hall–Kier alpha value is -1.99. The van der Waals surface area contributed by atoms with Gasteiger partial charge < -0.3 is 24.9 Å². The number of ether oxygens (including phenoxy) is 1. The van der Waals surface area contributed by atoms with Crippen molar-refractivity contribution in [3.63, 3.8) is 0 Å². The maximum absolute atomic E-state index is 10.9. The summed E-state index contributed by atoms with van der Waals surface area (Å²) >= 11 is 3.49. The molecule has 0 saturated heterocycles. The molecule has 0 radical (unpaired) electrons. The number of aliphatic hydroxyl groups is 1. The predicted octanol–water partition coefficient (Wildman–Crippen LogP) is 3.63. The van der Waals surface area contributed by atoms with E-state index in [9.17, 15) is 5.11 Å². The second-order valence-corrected chi connectivity index (χ2v) is 7.47. The Balaban J connectivity index is 2.07. The van der Waals surface area contributed by atoms with Crippen molar-refractivity contribution in [2.45, 2.75) is 39.8 Å². The molecule has 2 aromatic rings. The summed E-state index contributed by atoms with van der Waals surface area (Å²) in [6.45, 7) is 9.04. The molecule has 0 amide bonds. The van der Waals surface area contributed by atoms with Crippen LogP contribution in [0.25, 0.3) is 0 Å². The summed E-state index contributed by atoms with van der Waals surface area (Å²) in [5.74, 6) is 2.94. The van der Waals surface area contributed by atoms with Crippen LogP contribution in [0.4, 0.5) is 0 Å². The van der Waals surface area contributed by atoms with Crippen LogP contribution in [0.15, 0.2) is 38.1 Å². The molecule has 0 aliphatic heterocycles. The Morgan fingerprint density at radius 3 is 2.59 bits per heavy atom. The molecule has 0 bridgehead atoms. The number of rotatable bonds is 7. The minimum Gasteiger partial charge on any atom is -0.496 e. The van der Waals surface area contributed by atoms with E-state index in [1.807, 2.05) is 45.0 Å². The summed E-state index contributed by atoms with van der Waals surface area (Å²) < 4.78 is 11.7. The number of guanidine groups is 1. The molecular weight excluding hydrogens is 410 g/mol. The average molecular weight is 438 g/mol. The Kier molecular flexibility index (Phi) is 7.33. The number of hydrogen-bond donors (Lipinski definition) is 3. The summed E-state index contributed by atoms with van der Waals surface area (Å²) in [5, 5.41) is 17.3. The zero-order valence-electron chi connectivity index (χ0n) is 16.5. The number of nitrogens with zero attached hydrogens (tertiary/aromatic N) is 1. The number of benzene rings is 1. The zero-order chi connectivity index (χ0) is 20.0. The fourth-order valence-corrected chi connectivity index (χ4v) is 3.42. The molecule has 0 fully saturated rings. The number of aliphatic imine (C=N–C) groups is 1. The van der Waals surface area contributed by atoms with Gasteiger partial charge >= 0.3 is 0 Å². The first kappa shape index (κ1) is 21.3. The lowest BCUT2D eigenvalue weighted by molar-refractivity contribution is 0.0601. The number of nitrogens with one attached hydrogen (secondary N) is 2.